The van der Waals surface area contributed by atoms with Gasteiger partial charge in [0.05, 0.1) is 19.0 Å². The number of carbonyl (C=O) groups excluding carboxylic acids is 3. The number of imidazole rings is 1. The van der Waals surface area contributed by atoms with Gasteiger partial charge in [-0.1, -0.05) is 34.1 Å². The highest BCUT2D eigenvalue weighted by atomic mass is 16.4. The first kappa shape index (κ1) is 27.0. The Bertz CT molecular complexity index is 769. The first-order valence-corrected chi connectivity index (χ1v) is 10.5. The van der Waals surface area contributed by atoms with E-state index in [4.69, 9.17) is 5.73 Å². The van der Waals surface area contributed by atoms with E-state index in [1.165, 1.54) is 12.5 Å². The molecule has 3 amide bonds. The van der Waals surface area contributed by atoms with Gasteiger partial charge < -0.3 is 36.9 Å². The maximum Gasteiger partial charge on any atom is 0.326 e. The van der Waals surface area contributed by atoms with Gasteiger partial charge in [-0.25, -0.2) is 9.78 Å². The molecule has 0 saturated carbocycles. The summed E-state index contributed by atoms with van der Waals surface area (Å²) in [5.41, 5.74) is 6.41. The van der Waals surface area contributed by atoms with Gasteiger partial charge in [-0.15, -0.1) is 0 Å². The van der Waals surface area contributed by atoms with E-state index in [9.17, 15) is 29.4 Å². The quantitative estimate of drug-likeness (QED) is 0.187. The van der Waals surface area contributed by atoms with Crippen molar-refractivity contribution in [2.45, 2.75) is 64.7 Å². The first-order chi connectivity index (χ1) is 15.0. The SMILES string of the molecule is CCC(C)C(N)C(=O)NC(C(=O)NC(CO)C(=O)NC(Cc1cnc[nH]1)C(=O)O)C(C)C. The number of rotatable bonds is 13. The number of nitrogens with one attached hydrogen (secondary N) is 4. The normalized spacial score (nSPS) is 15.8. The Morgan fingerprint density at radius 2 is 1.69 bits per heavy atom. The number of aromatic amines is 1. The Kier molecular flexibility index (Phi) is 10.8. The standard InChI is InChI=1S/C20H34N6O6/c1-5-11(4)15(21)18(29)26-16(10(2)3)19(30)25-14(8-27)17(28)24-13(20(31)32)6-12-7-22-9-23-12/h7,9-11,13-16,27H,5-6,8,21H2,1-4H3,(H,22,23)(H,24,28)(H,25,30)(H,26,29)(H,31,32). The Morgan fingerprint density at radius 3 is 2.16 bits per heavy atom. The van der Waals surface area contributed by atoms with Crippen molar-refractivity contribution in [3.63, 3.8) is 0 Å². The molecule has 0 radical (unpaired) electrons. The Morgan fingerprint density at radius 1 is 1.06 bits per heavy atom. The number of amides is 3. The number of aliphatic hydroxyl groups is 1. The molecule has 8 N–H and O–H groups in total. The van der Waals surface area contributed by atoms with E-state index in [0.29, 0.717) is 12.1 Å². The smallest absolute Gasteiger partial charge is 0.326 e. The average Bonchev–Trinajstić information content (AvgIpc) is 3.26. The number of nitrogens with zero attached hydrogens (tertiary/aromatic N) is 1. The zero-order valence-electron chi connectivity index (χ0n) is 18.8. The maximum atomic E-state index is 12.7. The molecule has 0 fully saturated rings. The van der Waals surface area contributed by atoms with Gasteiger partial charge in [0.15, 0.2) is 0 Å². The number of hydrogen-bond acceptors (Lipinski definition) is 7. The van der Waals surface area contributed by atoms with Crippen LogP contribution in [0.3, 0.4) is 0 Å². The van der Waals surface area contributed by atoms with Gasteiger partial charge in [0.2, 0.25) is 17.7 Å². The minimum Gasteiger partial charge on any atom is -0.480 e. The third-order valence-electron chi connectivity index (χ3n) is 5.22. The third kappa shape index (κ3) is 7.93. The van der Waals surface area contributed by atoms with Crippen LogP contribution < -0.4 is 21.7 Å². The molecule has 5 unspecified atom stereocenters. The molecule has 0 aromatic carbocycles. The molecular formula is C20H34N6O6. The lowest BCUT2D eigenvalue weighted by atomic mass is 9.97. The van der Waals surface area contributed by atoms with Crippen LogP contribution in [0.1, 0.15) is 39.8 Å². The molecule has 0 saturated heterocycles. The van der Waals surface area contributed by atoms with Gasteiger partial charge in [0.1, 0.15) is 18.1 Å². The van der Waals surface area contributed by atoms with E-state index >= 15 is 0 Å². The van der Waals surface area contributed by atoms with Gasteiger partial charge in [-0.2, -0.15) is 0 Å². The Hall–Kier alpha value is -2.99. The summed E-state index contributed by atoms with van der Waals surface area (Å²) >= 11 is 0. The zero-order valence-corrected chi connectivity index (χ0v) is 18.8. The summed E-state index contributed by atoms with van der Waals surface area (Å²) in [4.78, 5) is 55.7. The summed E-state index contributed by atoms with van der Waals surface area (Å²) in [6.07, 6.45) is 3.42. The second-order valence-corrected chi connectivity index (χ2v) is 8.07. The lowest BCUT2D eigenvalue weighted by Crippen LogP contribution is -2.59. The molecule has 5 atom stereocenters. The van der Waals surface area contributed by atoms with Crippen molar-refractivity contribution in [2.24, 2.45) is 17.6 Å². The highest BCUT2D eigenvalue weighted by Crippen LogP contribution is 2.08. The predicted octanol–water partition coefficient (Wildman–Crippen LogP) is -1.49. The highest BCUT2D eigenvalue weighted by Gasteiger charge is 2.32. The van der Waals surface area contributed by atoms with Gasteiger partial charge in [-0.3, -0.25) is 14.4 Å². The van der Waals surface area contributed by atoms with Crippen LogP contribution in [0, 0.1) is 11.8 Å². The fraction of sp³-hybridized carbons (Fsp3) is 0.650. The number of hydrogen-bond donors (Lipinski definition) is 7. The van der Waals surface area contributed by atoms with Crippen LogP contribution in [0.25, 0.3) is 0 Å². The minimum absolute atomic E-state index is 0.0641. The third-order valence-corrected chi connectivity index (χ3v) is 5.22. The number of nitrogens with two attached hydrogens (primary N) is 1. The Balaban J connectivity index is 2.82. The van der Waals surface area contributed by atoms with Crippen LogP contribution in [0.2, 0.25) is 0 Å². The molecule has 1 aromatic rings. The molecule has 0 bridgehead atoms. The molecule has 0 aliphatic heterocycles. The lowest BCUT2D eigenvalue weighted by molar-refractivity contribution is -0.142. The van der Waals surface area contributed by atoms with Crippen molar-refractivity contribution < 1.29 is 29.4 Å². The van der Waals surface area contributed by atoms with Gasteiger partial charge in [-0.05, 0) is 11.8 Å². The summed E-state index contributed by atoms with van der Waals surface area (Å²) < 4.78 is 0. The average molecular weight is 455 g/mol. The fourth-order valence-corrected chi connectivity index (χ4v) is 2.84. The summed E-state index contributed by atoms with van der Waals surface area (Å²) in [6, 6.07) is -4.51. The van der Waals surface area contributed by atoms with E-state index < -0.39 is 54.5 Å². The summed E-state index contributed by atoms with van der Waals surface area (Å²) in [5, 5.41) is 26.2. The van der Waals surface area contributed by atoms with E-state index in [1.54, 1.807) is 13.8 Å². The molecule has 32 heavy (non-hydrogen) atoms. The fourth-order valence-electron chi connectivity index (χ4n) is 2.84. The number of carboxylic acids is 1. The number of carbonyl (C=O) groups is 4. The number of aliphatic hydroxyl groups excluding tert-OH is 1. The molecule has 0 aliphatic carbocycles. The van der Waals surface area contributed by atoms with E-state index in [2.05, 4.69) is 25.9 Å². The summed E-state index contributed by atoms with van der Waals surface area (Å²) in [7, 11) is 0. The van der Waals surface area contributed by atoms with Crippen molar-refractivity contribution in [3.8, 4) is 0 Å². The van der Waals surface area contributed by atoms with E-state index in [1.807, 2.05) is 13.8 Å². The van der Waals surface area contributed by atoms with Crippen LogP contribution in [-0.4, -0.2) is 74.6 Å². The van der Waals surface area contributed by atoms with Crippen LogP contribution in [-0.2, 0) is 25.6 Å². The molecule has 180 valence electrons. The monoisotopic (exact) mass is 454 g/mol. The predicted molar refractivity (Wildman–Crippen MR) is 115 cm³/mol. The van der Waals surface area contributed by atoms with Crippen molar-refractivity contribution in [2.75, 3.05) is 6.61 Å². The maximum absolute atomic E-state index is 12.7. The molecule has 1 heterocycles. The second-order valence-electron chi connectivity index (χ2n) is 8.07. The lowest BCUT2D eigenvalue weighted by Gasteiger charge is -2.27. The van der Waals surface area contributed by atoms with Crippen molar-refractivity contribution >= 4 is 23.7 Å². The van der Waals surface area contributed by atoms with Gasteiger partial charge >= 0.3 is 5.97 Å². The summed E-state index contributed by atoms with van der Waals surface area (Å²) in [5.74, 6) is -3.79. The van der Waals surface area contributed by atoms with Crippen LogP contribution in [0.4, 0.5) is 0 Å². The van der Waals surface area contributed by atoms with Crippen LogP contribution in [0.5, 0.6) is 0 Å². The van der Waals surface area contributed by atoms with Crippen molar-refractivity contribution in [1.29, 1.82) is 0 Å². The molecular weight excluding hydrogens is 420 g/mol. The van der Waals surface area contributed by atoms with E-state index in [0.717, 1.165) is 0 Å². The largest absolute Gasteiger partial charge is 0.480 e. The number of carboxylic acid groups (broad SMARTS) is 1. The van der Waals surface area contributed by atoms with Crippen molar-refractivity contribution in [1.82, 2.24) is 25.9 Å². The van der Waals surface area contributed by atoms with Gasteiger partial charge in [0.25, 0.3) is 0 Å². The zero-order chi connectivity index (χ0) is 24.4. The number of aliphatic carboxylic acids is 1. The highest BCUT2D eigenvalue weighted by molar-refractivity contribution is 5.94. The molecule has 0 spiro atoms. The molecule has 0 aliphatic rings. The Labute approximate surface area is 186 Å². The second kappa shape index (κ2) is 12.8. The molecule has 12 nitrogen and oxygen atoms in total. The van der Waals surface area contributed by atoms with Gasteiger partial charge in [0, 0.05) is 18.3 Å². The first-order valence-electron chi connectivity index (χ1n) is 10.5. The van der Waals surface area contributed by atoms with Crippen LogP contribution in [0.15, 0.2) is 12.5 Å². The minimum atomic E-state index is -1.41. The number of H-pyrrole nitrogens is 1. The summed E-state index contributed by atoms with van der Waals surface area (Å²) in [6.45, 7) is 6.37. The topological polar surface area (TPSA) is 200 Å². The molecule has 1 aromatic heterocycles. The van der Waals surface area contributed by atoms with E-state index in [-0.39, 0.29) is 18.3 Å². The van der Waals surface area contributed by atoms with Crippen molar-refractivity contribution in [3.05, 3.63) is 18.2 Å². The molecule has 12 heteroatoms. The molecule has 1 rings (SSSR count). The van der Waals surface area contributed by atoms with Crippen LogP contribution >= 0.6 is 0 Å². The number of aromatic nitrogens is 2.